The smallest absolute Gasteiger partial charge is 0.328 e. The number of aryl methyl sites for hydroxylation is 1. The van der Waals surface area contributed by atoms with Crippen LogP contribution in [0.25, 0.3) is 5.69 Å². The fraction of sp³-hybridized carbons (Fsp3) is 0.381. The molecule has 0 spiro atoms. The number of nitrogens with zero attached hydrogens (tertiary/aromatic N) is 6. The Morgan fingerprint density at radius 3 is 2.59 bits per heavy atom. The largest absolute Gasteiger partial charge is 0.470 e. The summed E-state index contributed by atoms with van der Waals surface area (Å²) in [5.41, 5.74) is 1.83. The van der Waals surface area contributed by atoms with Gasteiger partial charge in [0.05, 0.1) is 18.5 Å². The maximum Gasteiger partial charge on any atom is 0.328 e. The van der Waals surface area contributed by atoms with Crippen LogP contribution < -0.4 is 9.64 Å². The quantitative estimate of drug-likeness (QED) is 0.513. The summed E-state index contributed by atoms with van der Waals surface area (Å²) in [6.45, 7) is 2.59. The maximum atomic E-state index is 12.8. The van der Waals surface area contributed by atoms with Gasteiger partial charge in [0.2, 0.25) is 5.88 Å². The zero-order chi connectivity index (χ0) is 22.7. The Hall–Kier alpha value is -3.63. The molecule has 1 atom stereocenters. The van der Waals surface area contributed by atoms with Crippen molar-refractivity contribution in [1.82, 2.24) is 25.2 Å². The van der Waals surface area contributed by atoms with Gasteiger partial charge in [0, 0.05) is 18.2 Å². The van der Waals surface area contributed by atoms with Crippen molar-refractivity contribution in [3.05, 3.63) is 53.3 Å². The topological polar surface area (TPSA) is 95.3 Å². The van der Waals surface area contributed by atoms with E-state index in [9.17, 15) is 13.6 Å². The zero-order valence-electron chi connectivity index (χ0n) is 17.6. The van der Waals surface area contributed by atoms with E-state index in [-0.39, 0.29) is 24.2 Å². The number of aromatic nitrogens is 5. The SMILES string of the molecule is COC(=O)[C@H]1CCCN1c1ccc(OCc2c(C)nnn2-c2ccc(C(F)F)cc2)nn1. The molecule has 1 fully saturated rings. The fourth-order valence-electron chi connectivity index (χ4n) is 3.62. The number of carbonyl (C=O) groups is 1. The summed E-state index contributed by atoms with van der Waals surface area (Å²) in [6, 6.07) is 8.88. The molecule has 0 saturated carbocycles. The molecule has 1 saturated heterocycles. The normalized spacial score (nSPS) is 15.9. The van der Waals surface area contributed by atoms with Crippen LogP contribution in [0.2, 0.25) is 0 Å². The van der Waals surface area contributed by atoms with Gasteiger partial charge in [-0.15, -0.1) is 15.3 Å². The van der Waals surface area contributed by atoms with E-state index in [0.29, 0.717) is 41.7 Å². The van der Waals surface area contributed by atoms with Crippen molar-refractivity contribution in [3.63, 3.8) is 0 Å². The molecule has 0 radical (unpaired) electrons. The van der Waals surface area contributed by atoms with Crippen LogP contribution >= 0.6 is 0 Å². The Balaban J connectivity index is 1.45. The lowest BCUT2D eigenvalue weighted by Crippen LogP contribution is -2.37. The van der Waals surface area contributed by atoms with Gasteiger partial charge in [0.1, 0.15) is 18.3 Å². The van der Waals surface area contributed by atoms with Crippen LogP contribution in [0.5, 0.6) is 5.88 Å². The first-order chi connectivity index (χ1) is 15.5. The summed E-state index contributed by atoms with van der Waals surface area (Å²) < 4.78 is 37.8. The molecular formula is C21H22F2N6O3. The van der Waals surface area contributed by atoms with E-state index in [1.54, 1.807) is 31.2 Å². The Morgan fingerprint density at radius 2 is 1.94 bits per heavy atom. The van der Waals surface area contributed by atoms with Crippen molar-refractivity contribution >= 4 is 11.8 Å². The highest BCUT2D eigenvalue weighted by Gasteiger charge is 2.32. The molecule has 0 amide bonds. The molecule has 2 aromatic heterocycles. The average molecular weight is 444 g/mol. The summed E-state index contributed by atoms with van der Waals surface area (Å²) in [6.07, 6.45) is -0.954. The van der Waals surface area contributed by atoms with E-state index in [1.807, 2.05) is 4.90 Å². The van der Waals surface area contributed by atoms with Crippen LogP contribution in [-0.2, 0) is 16.1 Å². The second-order valence-corrected chi connectivity index (χ2v) is 7.32. The van der Waals surface area contributed by atoms with Gasteiger partial charge in [-0.3, -0.25) is 0 Å². The number of carbonyl (C=O) groups excluding carboxylic acids is 1. The summed E-state index contributed by atoms with van der Waals surface area (Å²) in [5.74, 6) is 0.581. The molecule has 1 aliphatic rings. The lowest BCUT2D eigenvalue weighted by atomic mass is 10.2. The number of alkyl halides is 2. The van der Waals surface area contributed by atoms with Gasteiger partial charge in [-0.05, 0) is 38.0 Å². The minimum Gasteiger partial charge on any atom is -0.470 e. The molecule has 168 valence electrons. The highest BCUT2D eigenvalue weighted by molar-refractivity contribution is 5.80. The maximum absolute atomic E-state index is 12.8. The monoisotopic (exact) mass is 444 g/mol. The first-order valence-electron chi connectivity index (χ1n) is 10.1. The third kappa shape index (κ3) is 4.36. The number of ether oxygens (including phenoxy) is 2. The second-order valence-electron chi connectivity index (χ2n) is 7.32. The molecule has 1 aliphatic heterocycles. The predicted octanol–water partition coefficient (Wildman–Crippen LogP) is 3.02. The van der Waals surface area contributed by atoms with Gasteiger partial charge in [0.25, 0.3) is 6.43 Å². The van der Waals surface area contributed by atoms with Gasteiger partial charge >= 0.3 is 5.97 Å². The Bertz CT molecular complexity index is 1070. The van der Waals surface area contributed by atoms with E-state index >= 15 is 0 Å². The van der Waals surface area contributed by atoms with E-state index in [1.165, 1.54) is 23.9 Å². The van der Waals surface area contributed by atoms with Crippen LogP contribution in [-0.4, -0.2) is 50.9 Å². The summed E-state index contributed by atoms with van der Waals surface area (Å²) in [4.78, 5) is 13.8. The summed E-state index contributed by atoms with van der Waals surface area (Å²) >= 11 is 0. The number of halogens is 2. The first-order valence-corrected chi connectivity index (χ1v) is 10.1. The molecule has 9 nitrogen and oxygen atoms in total. The Labute approximate surface area is 183 Å². The van der Waals surface area contributed by atoms with Gasteiger partial charge in [0.15, 0.2) is 5.82 Å². The summed E-state index contributed by atoms with van der Waals surface area (Å²) in [5, 5.41) is 16.4. The highest BCUT2D eigenvalue weighted by Crippen LogP contribution is 2.25. The van der Waals surface area contributed by atoms with Crippen molar-refractivity contribution in [2.45, 2.75) is 38.8 Å². The van der Waals surface area contributed by atoms with Crippen molar-refractivity contribution in [3.8, 4) is 11.6 Å². The van der Waals surface area contributed by atoms with Crippen LogP contribution in [0.1, 0.15) is 36.2 Å². The minimum absolute atomic E-state index is 0.0637. The molecule has 0 aliphatic carbocycles. The standard InChI is InChI=1S/C21H22F2N6O3/c1-13-17(29(27-24-13)15-7-5-14(6-8-15)20(22)23)12-32-19-10-9-18(25-26-19)28-11-3-4-16(28)21(30)31-2/h5-10,16,20H,3-4,11-12H2,1-2H3/t16-/m1/s1. The predicted molar refractivity (Wildman–Crippen MR) is 110 cm³/mol. The van der Waals surface area contributed by atoms with Crippen molar-refractivity contribution in [2.24, 2.45) is 0 Å². The van der Waals surface area contributed by atoms with Crippen LogP contribution in [0.15, 0.2) is 36.4 Å². The van der Waals surface area contributed by atoms with Gasteiger partial charge < -0.3 is 14.4 Å². The molecule has 0 unspecified atom stereocenters. The molecule has 1 aromatic carbocycles. The lowest BCUT2D eigenvalue weighted by Gasteiger charge is -2.23. The number of rotatable bonds is 7. The number of esters is 1. The number of anilines is 1. The molecule has 32 heavy (non-hydrogen) atoms. The van der Waals surface area contributed by atoms with Crippen molar-refractivity contribution in [2.75, 3.05) is 18.6 Å². The van der Waals surface area contributed by atoms with Gasteiger partial charge in [-0.1, -0.05) is 17.3 Å². The number of methoxy groups -OCH3 is 1. The molecule has 3 heterocycles. The Morgan fingerprint density at radius 1 is 1.16 bits per heavy atom. The second kappa shape index (κ2) is 9.25. The first kappa shape index (κ1) is 21.6. The van der Waals surface area contributed by atoms with E-state index in [4.69, 9.17) is 9.47 Å². The number of hydrogen-bond acceptors (Lipinski definition) is 8. The molecule has 4 rings (SSSR count). The van der Waals surface area contributed by atoms with Gasteiger partial charge in [-0.2, -0.15) is 0 Å². The lowest BCUT2D eigenvalue weighted by molar-refractivity contribution is -0.141. The zero-order valence-corrected chi connectivity index (χ0v) is 17.6. The molecular weight excluding hydrogens is 422 g/mol. The number of benzene rings is 1. The van der Waals surface area contributed by atoms with E-state index < -0.39 is 6.43 Å². The molecule has 0 bridgehead atoms. The third-order valence-electron chi connectivity index (χ3n) is 5.35. The van der Waals surface area contributed by atoms with Crippen molar-refractivity contribution in [1.29, 1.82) is 0 Å². The van der Waals surface area contributed by atoms with Crippen LogP contribution in [0.4, 0.5) is 14.6 Å². The molecule has 3 aromatic rings. The summed E-state index contributed by atoms with van der Waals surface area (Å²) in [7, 11) is 1.37. The minimum atomic E-state index is -2.53. The third-order valence-corrected chi connectivity index (χ3v) is 5.35. The van der Waals surface area contributed by atoms with E-state index in [0.717, 1.165) is 6.42 Å². The molecule has 11 heteroatoms. The van der Waals surface area contributed by atoms with E-state index in [2.05, 4.69) is 20.5 Å². The van der Waals surface area contributed by atoms with Gasteiger partial charge in [-0.25, -0.2) is 18.3 Å². The van der Waals surface area contributed by atoms with Crippen LogP contribution in [0, 0.1) is 6.92 Å². The van der Waals surface area contributed by atoms with Crippen molar-refractivity contribution < 1.29 is 23.0 Å². The van der Waals surface area contributed by atoms with Crippen LogP contribution in [0.3, 0.4) is 0 Å². The Kier molecular flexibility index (Phi) is 6.24. The molecule has 0 N–H and O–H groups in total. The number of hydrogen-bond donors (Lipinski definition) is 0. The highest BCUT2D eigenvalue weighted by atomic mass is 19.3. The average Bonchev–Trinajstić information content (AvgIpc) is 3.44. The fourth-order valence-corrected chi connectivity index (χ4v) is 3.62.